The molecule has 20 heavy (non-hydrogen) atoms. The van der Waals surface area contributed by atoms with Gasteiger partial charge in [0.25, 0.3) is 0 Å². The van der Waals surface area contributed by atoms with Crippen LogP contribution in [-0.2, 0) is 0 Å². The van der Waals surface area contributed by atoms with E-state index in [9.17, 15) is 4.79 Å². The highest BCUT2D eigenvalue weighted by Crippen LogP contribution is 2.30. The molecule has 0 amide bonds. The van der Waals surface area contributed by atoms with Crippen LogP contribution in [-0.4, -0.2) is 9.97 Å². The maximum absolute atomic E-state index is 11.5. The Morgan fingerprint density at radius 2 is 1.90 bits per heavy atom. The van der Waals surface area contributed by atoms with Crippen LogP contribution in [0.2, 0.25) is 0 Å². The van der Waals surface area contributed by atoms with E-state index in [4.69, 9.17) is 9.15 Å². The topological polar surface area (TPSA) is 65.2 Å². The van der Waals surface area contributed by atoms with Gasteiger partial charge in [-0.3, -0.25) is 0 Å². The lowest BCUT2D eigenvalue weighted by atomic mass is 10.1. The van der Waals surface area contributed by atoms with Crippen LogP contribution in [0.4, 0.5) is 0 Å². The van der Waals surface area contributed by atoms with E-state index in [0.29, 0.717) is 11.3 Å². The molecular formula is C15H12N2O3. The van der Waals surface area contributed by atoms with E-state index in [1.807, 2.05) is 26.0 Å². The fourth-order valence-electron chi connectivity index (χ4n) is 2.05. The van der Waals surface area contributed by atoms with Crippen molar-refractivity contribution in [3.63, 3.8) is 0 Å². The van der Waals surface area contributed by atoms with Crippen LogP contribution in [0.3, 0.4) is 0 Å². The number of hydrogen-bond donors (Lipinski definition) is 0. The first-order valence-corrected chi connectivity index (χ1v) is 6.14. The molecule has 3 aromatic rings. The van der Waals surface area contributed by atoms with Gasteiger partial charge in [-0.05, 0) is 37.6 Å². The number of hydrogen-bond acceptors (Lipinski definition) is 5. The van der Waals surface area contributed by atoms with Crippen LogP contribution in [0, 0.1) is 13.8 Å². The van der Waals surface area contributed by atoms with Crippen LogP contribution in [0.25, 0.3) is 11.0 Å². The van der Waals surface area contributed by atoms with E-state index in [-0.39, 0.29) is 11.6 Å². The van der Waals surface area contributed by atoms with E-state index >= 15 is 0 Å². The van der Waals surface area contributed by atoms with Crippen molar-refractivity contribution in [3.05, 3.63) is 58.2 Å². The van der Waals surface area contributed by atoms with Crippen LogP contribution >= 0.6 is 0 Å². The summed E-state index contributed by atoms with van der Waals surface area (Å²) in [7, 11) is 0. The summed E-state index contributed by atoms with van der Waals surface area (Å²) >= 11 is 0. The van der Waals surface area contributed by atoms with Crippen LogP contribution in [0.1, 0.15) is 11.1 Å². The fraction of sp³-hybridized carbons (Fsp3) is 0.133. The molecule has 3 rings (SSSR count). The lowest BCUT2D eigenvalue weighted by Crippen LogP contribution is -2.00. The number of benzene rings is 1. The Bertz CT molecular complexity index is 826. The molecule has 0 bridgehead atoms. The quantitative estimate of drug-likeness (QED) is 0.668. The largest absolute Gasteiger partial charge is 0.424 e. The molecule has 0 N–H and O–H groups in total. The summed E-state index contributed by atoms with van der Waals surface area (Å²) in [5.74, 6) is 0.567. The smallest absolute Gasteiger partial charge is 0.336 e. The summed E-state index contributed by atoms with van der Waals surface area (Å²) in [6, 6.07) is 7.12. The summed E-state index contributed by atoms with van der Waals surface area (Å²) in [4.78, 5) is 19.5. The zero-order chi connectivity index (χ0) is 14.1. The molecule has 0 saturated carbocycles. The molecular weight excluding hydrogens is 256 g/mol. The molecule has 0 spiro atoms. The highest BCUT2D eigenvalue weighted by atomic mass is 16.5. The molecule has 0 aliphatic rings. The van der Waals surface area contributed by atoms with Crippen molar-refractivity contribution in [2.75, 3.05) is 0 Å². The van der Waals surface area contributed by atoms with Gasteiger partial charge in [0.05, 0.1) is 0 Å². The third-order valence-electron chi connectivity index (χ3n) is 3.06. The maximum Gasteiger partial charge on any atom is 0.336 e. The Labute approximate surface area is 114 Å². The molecule has 0 unspecified atom stereocenters. The van der Waals surface area contributed by atoms with Gasteiger partial charge in [0.15, 0.2) is 0 Å². The molecule has 100 valence electrons. The Hall–Kier alpha value is -2.69. The molecule has 2 aromatic heterocycles. The fourth-order valence-corrected chi connectivity index (χ4v) is 2.05. The molecule has 2 heterocycles. The molecule has 0 saturated heterocycles. The first-order valence-electron chi connectivity index (χ1n) is 6.14. The van der Waals surface area contributed by atoms with E-state index in [0.717, 1.165) is 16.5 Å². The zero-order valence-corrected chi connectivity index (χ0v) is 11.1. The summed E-state index contributed by atoms with van der Waals surface area (Å²) in [5.41, 5.74) is 1.78. The lowest BCUT2D eigenvalue weighted by Gasteiger charge is -2.09. The number of aryl methyl sites for hydroxylation is 2. The van der Waals surface area contributed by atoms with E-state index in [1.165, 1.54) is 6.07 Å². The van der Waals surface area contributed by atoms with Crippen molar-refractivity contribution >= 4 is 11.0 Å². The van der Waals surface area contributed by atoms with Crippen molar-refractivity contribution in [2.24, 2.45) is 0 Å². The molecule has 1 aromatic carbocycles. The molecule has 0 atom stereocenters. The van der Waals surface area contributed by atoms with Gasteiger partial charge in [-0.2, -0.15) is 0 Å². The van der Waals surface area contributed by atoms with Crippen LogP contribution in [0.5, 0.6) is 11.8 Å². The minimum Gasteiger partial charge on any atom is -0.424 e. The van der Waals surface area contributed by atoms with Gasteiger partial charge < -0.3 is 9.15 Å². The van der Waals surface area contributed by atoms with E-state index in [1.54, 1.807) is 18.5 Å². The second kappa shape index (κ2) is 4.77. The normalized spacial score (nSPS) is 10.7. The Kier molecular flexibility index (Phi) is 2.95. The summed E-state index contributed by atoms with van der Waals surface area (Å²) < 4.78 is 10.9. The highest BCUT2D eigenvalue weighted by Gasteiger charge is 2.11. The minimum absolute atomic E-state index is 0.255. The summed E-state index contributed by atoms with van der Waals surface area (Å²) in [6.07, 6.45) is 3.20. The average molecular weight is 268 g/mol. The third-order valence-corrected chi connectivity index (χ3v) is 3.06. The highest BCUT2D eigenvalue weighted by molar-refractivity contribution is 5.84. The van der Waals surface area contributed by atoms with E-state index < -0.39 is 0 Å². The van der Waals surface area contributed by atoms with Gasteiger partial charge in [0.1, 0.15) is 11.3 Å². The SMILES string of the molecule is Cc1cc(=O)oc2c(C)c(Oc3ncccn3)ccc12. The second-order valence-corrected chi connectivity index (χ2v) is 4.45. The number of ether oxygens (including phenoxy) is 1. The Morgan fingerprint density at radius 1 is 1.15 bits per heavy atom. The maximum atomic E-state index is 11.5. The van der Waals surface area contributed by atoms with Gasteiger partial charge >= 0.3 is 11.6 Å². The molecule has 0 fully saturated rings. The van der Waals surface area contributed by atoms with Crippen molar-refractivity contribution in [3.8, 4) is 11.8 Å². The first kappa shape index (κ1) is 12.3. The van der Waals surface area contributed by atoms with Gasteiger partial charge in [0, 0.05) is 29.4 Å². The monoisotopic (exact) mass is 268 g/mol. The zero-order valence-electron chi connectivity index (χ0n) is 11.1. The Morgan fingerprint density at radius 3 is 2.65 bits per heavy atom. The minimum atomic E-state index is -0.369. The third kappa shape index (κ3) is 2.14. The van der Waals surface area contributed by atoms with Crippen molar-refractivity contribution < 1.29 is 9.15 Å². The summed E-state index contributed by atoms with van der Waals surface area (Å²) in [5, 5.41) is 0.892. The van der Waals surface area contributed by atoms with Crippen molar-refractivity contribution in [2.45, 2.75) is 13.8 Å². The van der Waals surface area contributed by atoms with Crippen molar-refractivity contribution in [1.82, 2.24) is 9.97 Å². The second-order valence-electron chi connectivity index (χ2n) is 4.45. The van der Waals surface area contributed by atoms with Gasteiger partial charge in [-0.1, -0.05) is 0 Å². The molecule has 5 heteroatoms. The predicted molar refractivity (Wildman–Crippen MR) is 74.1 cm³/mol. The Balaban J connectivity index is 2.14. The standard InChI is InChI=1S/C15H12N2O3/c1-9-8-13(18)20-14-10(2)12(5-4-11(9)14)19-15-16-6-3-7-17-15/h3-8H,1-2H3. The number of nitrogens with zero attached hydrogens (tertiary/aromatic N) is 2. The number of aromatic nitrogens is 2. The van der Waals surface area contributed by atoms with Crippen LogP contribution in [0.15, 0.2) is 45.9 Å². The molecule has 0 aliphatic carbocycles. The van der Waals surface area contributed by atoms with Gasteiger partial charge in [-0.25, -0.2) is 14.8 Å². The van der Waals surface area contributed by atoms with Gasteiger partial charge in [-0.15, -0.1) is 0 Å². The molecule has 0 radical (unpaired) electrons. The van der Waals surface area contributed by atoms with Crippen molar-refractivity contribution in [1.29, 1.82) is 0 Å². The number of fused-ring (bicyclic) bond motifs is 1. The lowest BCUT2D eigenvalue weighted by molar-refractivity contribution is 0.437. The molecule has 0 aliphatic heterocycles. The average Bonchev–Trinajstić information content (AvgIpc) is 2.43. The number of rotatable bonds is 2. The first-order chi connectivity index (χ1) is 9.65. The molecule has 5 nitrogen and oxygen atoms in total. The predicted octanol–water partition coefficient (Wildman–Crippen LogP) is 2.99. The van der Waals surface area contributed by atoms with Crippen LogP contribution < -0.4 is 10.4 Å². The van der Waals surface area contributed by atoms with Gasteiger partial charge in [0.2, 0.25) is 0 Å². The van der Waals surface area contributed by atoms with E-state index in [2.05, 4.69) is 9.97 Å². The summed E-state index contributed by atoms with van der Waals surface area (Å²) in [6.45, 7) is 3.71.